The Kier molecular flexibility index (Phi) is 3.67. The Morgan fingerprint density at radius 2 is 2.17 bits per heavy atom. The third kappa shape index (κ3) is 2.24. The highest BCUT2D eigenvalue weighted by molar-refractivity contribution is 5.98. The minimum absolute atomic E-state index is 0.0574. The molecule has 0 radical (unpaired) electrons. The van der Waals surface area contributed by atoms with Crippen molar-refractivity contribution in [2.45, 2.75) is 26.4 Å². The second-order valence-corrected chi connectivity index (χ2v) is 4.39. The summed E-state index contributed by atoms with van der Waals surface area (Å²) in [5.41, 5.74) is 1.70. The number of hydrogen-bond donors (Lipinski definition) is 2. The second-order valence-electron chi connectivity index (χ2n) is 4.39. The van der Waals surface area contributed by atoms with Crippen LogP contribution in [0.1, 0.15) is 24.3 Å². The van der Waals surface area contributed by atoms with E-state index in [2.05, 4.69) is 5.32 Å². The maximum absolute atomic E-state index is 12.1. The van der Waals surface area contributed by atoms with Crippen LogP contribution in [0.25, 0.3) is 10.9 Å². The molecule has 2 N–H and O–H groups in total. The first-order valence-electron chi connectivity index (χ1n) is 6.17. The first-order chi connectivity index (χ1) is 8.67. The average Bonchev–Trinajstić information content (AvgIpc) is 2.77. The zero-order valence-corrected chi connectivity index (χ0v) is 10.7. The Morgan fingerprint density at radius 1 is 1.44 bits per heavy atom. The van der Waals surface area contributed by atoms with Crippen LogP contribution < -0.4 is 5.32 Å². The van der Waals surface area contributed by atoms with Crippen LogP contribution in [0, 0.1) is 0 Å². The van der Waals surface area contributed by atoms with Crippen LogP contribution in [-0.4, -0.2) is 28.2 Å². The number of amides is 1. The Morgan fingerprint density at radius 3 is 2.83 bits per heavy atom. The lowest BCUT2D eigenvalue weighted by molar-refractivity contribution is 0.0913. The van der Waals surface area contributed by atoms with Crippen molar-refractivity contribution in [3.05, 3.63) is 36.0 Å². The number of aryl methyl sites for hydroxylation is 1. The quantitative estimate of drug-likeness (QED) is 0.864. The number of aromatic nitrogens is 1. The van der Waals surface area contributed by atoms with Crippen LogP contribution in [0.15, 0.2) is 30.3 Å². The first-order valence-corrected chi connectivity index (χ1v) is 6.17. The van der Waals surface area contributed by atoms with Crippen LogP contribution in [-0.2, 0) is 6.54 Å². The van der Waals surface area contributed by atoms with E-state index in [9.17, 15) is 4.79 Å². The predicted molar refractivity (Wildman–Crippen MR) is 71.6 cm³/mol. The van der Waals surface area contributed by atoms with Gasteiger partial charge in [0.1, 0.15) is 5.69 Å². The molecule has 1 aromatic heterocycles. The number of para-hydroxylation sites is 1. The lowest BCUT2D eigenvalue weighted by Crippen LogP contribution is -2.36. The molecule has 1 heterocycles. The molecule has 96 valence electrons. The van der Waals surface area contributed by atoms with Crippen molar-refractivity contribution in [1.29, 1.82) is 0 Å². The standard InChI is InChI=1S/C14H18N2O2/c1-3-16-12-7-5-4-6-11(12)8-13(16)14(18)15-10(2)9-17/h4-8,10,17H,3,9H2,1-2H3,(H,15,18). The molecule has 1 atom stereocenters. The second kappa shape index (κ2) is 5.23. The normalized spacial score (nSPS) is 12.6. The van der Waals surface area contributed by atoms with Crippen molar-refractivity contribution in [1.82, 2.24) is 9.88 Å². The lowest BCUT2D eigenvalue weighted by atomic mass is 10.2. The lowest BCUT2D eigenvalue weighted by Gasteiger charge is -2.12. The number of rotatable bonds is 4. The van der Waals surface area contributed by atoms with Gasteiger partial charge >= 0.3 is 0 Å². The van der Waals surface area contributed by atoms with Crippen LogP contribution >= 0.6 is 0 Å². The van der Waals surface area contributed by atoms with Gasteiger partial charge in [-0.1, -0.05) is 18.2 Å². The third-order valence-electron chi connectivity index (χ3n) is 3.01. The molecule has 0 spiro atoms. The number of carbonyl (C=O) groups excluding carboxylic acids is 1. The fraction of sp³-hybridized carbons (Fsp3) is 0.357. The summed E-state index contributed by atoms with van der Waals surface area (Å²) in [5, 5.41) is 12.8. The summed E-state index contributed by atoms with van der Waals surface area (Å²) in [6, 6.07) is 9.57. The smallest absolute Gasteiger partial charge is 0.268 e. The summed E-state index contributed by atoms with van der Waals surface area (Å²) in [5.74, 6) is -0.144. The molecule has 0 fully saturated rings. The van der Waals surface area contributed by atoms with Crippen molar-refractivity contribution in [2.75, 3.05) is 6.61 Å². The van der Waals surface area contributed by atoms with E-state index < -0.39 is 0 Å². The zero-order valence-electron chi connectivity index (χ0n) is 10.7. The Bertz CT molecular complexity index is 560. The monoisotopic (exact) mass is 246 g/mol. The SMILES string of the molecule is CCn1c(C(=O)NC(C)CO)cc2ccccc21. The van der Waals surface area contributed by atoms with Crippen LogP contribution in [0.4, 0.5) is 0 Å². The fourth-order valence-electron chi connectivity index (χ4n) is 2.08. The van der Waals surface area contributed by atoms with Gasteiger partial charge in [0, 0.05) is 23.5 Å². The number of aliphatic hydroxyl groups is 1. The van der Waals surface area contributed by atoms with Crippen molar-refractivity contribution >= 4 is 16.8 Å². The van der Waals surface area contributed by atoms with Crippen LogP contribution in [0.2, 0.25) is 0 Å². The van der Waals surface area contributed by atoms with Gasteiger partial charge in [-0.05, 0) is 26.0 Å². The predicted octanol–water partition coefficient (Wildman–Crippen LogP) is 1.77. The molecule has 4 nitrogen and oxygen atoms in total. The molecule has 18 heavy (non-hydrogen) atoms. The topological polar surface area (TPSA) is 54.3 Å². The molecule has 1 amide bonds. The number of fused-ring (bicyclic) bond motifs is 1. The van der Waals surface area contributed by atoms with Gasteiger partial charge in [0.15, 0.2) is 0 Å². The molecule has 2 rings (SSSR count). The van der Waals surface area contributed by atoms with Gasteiger partial charge in [-0.3, -0.25) is 4.79 Å². The highest BCUT2D eigenvalue weighted by Gasteiger charge is 2.15. The van der Waals surface area contributed by atoms with Crippen molar-refractivity contribution < 1.29 is 9.90 Å². The summed E-state index contributed by atoms with van der Waals surface area (Å²) in [4.78, 5) is 12.1. The highest BCUT2D eigenvalue weighted by atomic mass is 16.3. The Hall–Kier alpha value is -1.81. The number of hydrogen-bond acceptors (Lipinski definition) is 2. The molecule has 2 aromatic rings. The summed E-state index contributed by atoms with van der Waals surface area (Å²) < 4.78 is 1.98. The van der Waals surface area contributed by atoms with Gasteiger partial charge in [-0.25, -0.2) is 0 Å². The number of aliphatic hydroxyl groups excluding tert-OH is 1. The molecular weight excluding hydrogens is 228 g/mol. The third-order valence-corrected chi connectivity index (χ3v) is 3.01. The number of nitrogens with one attached hydrogen (secondary N) is 1. The summed E-state index contributed by atoms with van der Waals surface area (Å²) in [7, 11) is 0. The Labute approximate surface area is 106 Å². The Balaban J connectivity index is 2.41. The molecular formula is C14H18N2O2. The fourth-order valence-corrected chi connectivity index (χ4v) is 2.08. The van der Waals surface area contributed by atoms with Crippen molar-refractivity contribution in [3.8, 4) is 0 Å². The van der Waals surface area contributed by atoms with Crippen LogP contribution in [0.3, 0.4) is 0 Å². The van der Waals surface area contributed by atoms with Gasteiger partial charge in [0.2, 0.25) is 0 Å². The molecule has 1 aromatic carbocycles. The molecule has 0 aliphatic rings. The van der Waals surface area contributed by atoms with Gasteiger partial charge in [0.05, 0.1) is 6.61 Å². The van der Waals surface area contributed by atoms with Gasteiger partial charge in [-0.2, -0.15) is 0 Å². The largest absolute Gasteiger partial charge is 0.394 e. The van der Waals surface area contributed by atoms with E-state index in [0.29, 0.717) is 5.69 Å². The van der Waals surface area contributed by atoms with Crippen LogP contribution in [0.5, 0.6) is 0 Å². The van der Waals surface area contributed by atoms with E-state index in [1.807, 2.05) is 41.8 Å². The molecule has 0 saturated heterocycles. The molecule has 0 saturated carbocycles. The molecule has 0 aliphatic heterocycles. The maximum Gasteiger partial charge on any atom is 0.268 e. The molecule has 1 unspecified atom stereocenters. The minimum atomic E-state index is -0.235. The molecule has 0 aliphatic carbocycles. The summed E-state index contributed by atoms with van der Waals surface area (Å²) >= 11 is 0. The summed E-state index contributed by atoms with van der Waals surface area (Å²) in [6.45, 7) is 4.47. The van der Waals surface area contributed by atoms with Crippen molar-refractivity contribution in [3.63, 3.8) is 0 Å². The van der Waals surface area contributed by atoms with E-state index >= 15 is 0 Å². The molecule has 4 heteroatoms. The molecule has 0 bridgehead atoms. The van der Waals surface area contributed by atoms with E-state index in [1.54, 1.807) is 6.92 Å². The minimum Gasteiger partial charge on any atom is -0.394 e. The van der Waals surface area contributed by atoms with E-state index in [0.717, 1.165) is 17.4 Å². The average molecular weight is 246 g/mol. The number of nitrogens with zero attached hydrogens (tertiary/aromatic N) is 1. The van der Waals surface area contributed by atoms with Gasteiger partial charge in [-0.15, -0.1) is 0 Å². The zero-order chi connectivity index (χ0) is 13.1. The van der Waals surface area contributed by atoms with E-state index in [4.69, 9.17) is 5.11 Å². The summed E-state index contributed by atoms with van der Waals surface area (Å²) in [6.07, 6.45) is 0. The van der Waals surface area contributed by atoms with Crippen molar-refractivity contribution in [2.24, 2.45) is 0 Å². The van der Waals surface area contributed by atoms with Gasteiger partial charge in [0.25, 0.3) is 5.91 Å². The van der Waals surface area contributed by atoms with Gasteiger partial charge < -0.3 is 15.0 Å². The highest BCUT2D eigenvalue weighted by Crippen LogP contribution is 2.19. The maximum atomic E-state index is 12.1. The number of carbonyl (C=O) groups is 1. The first kappa shape index (κ1) is 12.6. The van der Waals surface area contributed by atoms with E-state index in [1.165, 1.54) is 0 Å². The number of benzene rings is 1. The van der Waals surface area contributed by atoms with E-state index in [-0.39, 0.29) is 18.6 Å².